The molecule has 0 radical (unpaired) electrons. The maximum absolute atomic E-state index is 13.4. The molecule has 130 valence electrons. The summed E-state index contributed by atoms with van der Waals surface area (Å²) >= 11 is 0. The Kier molecular flexibility index (Phi) is 5.54. The van der Waals surface area contributed by atoms with Crippen LogP contribution in [0.25, 0.3) is 0 Å². The van der Waals surface area contributed by atoms with Crippen molar-refractivity contribution in [2.45, 2.75) is 33.2 Å². The zero-order valence-corrected chi connectivity index (χ0v) is 14.2. The Morgan fingerprint density at radius 1 is 1.38 bits per heavy atom. The van der Waals surface area contributed by atoms with Gasteiger partial charge in [0.05, 0.1) is 5.69 Å². The van der Waals surface area contributed by atoms with Gasteiger partial charge in [0, 0.05) is 24.8 Å². The number of rotatable bonds is 6. The normalized spacial score (nSPS) is 12.1. The Bertz CT molecular complexity index is 744. The van der Waals surface area contributed by atoms with Gasteiger partial charge in [-0.2, -0.15) is 5.10 Å². The molecule has 1 heterocycles. The minimum Gasteiger partial charge on any atom is -0.481 e. The third-order valence-electron chi connectivity index (χ3n) is 3.83. The van der Waals surface area contributed by atoms with Gasteiger partial charge in [-0.3, -0.25) is 9.48 Å². The first-order valence-electron chi connectivity index (χ1n) is 7.64. The van der Waals surface area contributed by atoms with Crippen molar-refractivity contribution >= 4 is 5.91 Å². The van der Waals surface area contributed by atoms with Crippen molar-refractivity contribution < 1.29 is 18.3 Å². The second-order valence-electron chi connectivity index (χ2n) is 5.81. The van der Waals surface area contributed by atoms with Crippen molar-refractivity contribution in [3.63, 3.8) is 0 Å². The minimum absolute atomic E-state index is 0.124. The summed E-state index contributed by atoms with van der Waals surface area (Å²) in [4.78, 5) is 11.9. The van der Waals surface area contributed by atoms with Gasteiger partial charge in [-0.05, 0) is 44.9 Å². The number of benzene rings is 1. The van der Waals surface area contributed by atoms with Gasteiger partial charge in [0.1, 0.15) is 5.82 Å². The van der Waals surface area contributed by atoms with E-state index in [1.807, 2.05) is 27.8 Å². The summed E-state index contributed by atoms with van der Waals surface area (Å²) in [5.41, 5.74) is 3.08. The smallest absolute Gasteiger partial charge is 0.258 e. The molecule has 0 aliphatic rings. The lowest BCUT2D eigenvalue weighted by Gasteiger charge is -2.15. The number of halogens is 2. The van der Waals surface area contributed by atoms with E-state index in [2.05, 4.69) is 10.4 Å². The molecule has 0 saturated heterocycles. The summed E-state index contributed by atoms with van der Waals surface area (Å²) in [5, 5.41) is 7.14. The quantitative estimate of drug-likeness (QED) is 0.881. The van der Waals surface area contributed by atoms with Gasteiger partial charge in [-0.1, -0.05) is 0 Å². The minimum atomic E-state index is -0.836. The third kappa shape index (κ3) is 4.31. The molecule has 0 bridgehead atoms. The average Bonchev–Trinajstić information content (AvgIpc) is 2.73. The van der Waals surface area contributed by atoms with Crippen LogP contribution in [0.3, 0.4) is 0 Å². The lowest BCUT2D eigenvalue weighted by Crippen LogP contribution is -2.37. The molecule has 0 fully saturated rings. The third-order valence-corrected chi connectivity index (χ3v) is 3.83. The summed E-state index contributed by atoms with van der Waals surface area (Å²) in [6.45, 7) is 5.45. The van der Waals surface area contributed by atoms with Gasteiger partial charge in [-0.15, -0.1) is 0 Å². The maximum atomic E-state index is 13.4. The number of carbonyl (C=O) groups excluding carboxylic acids is 1. The number of hydrogen-bond donors (Lipinski definition) is 1. The molecule has 1 amide bonds. The highest BCUT2D eigenvalue weighted by Crippen LogP contribution is 2.17. The zero-order chi connectivity index (χ0) is 17.9. The average molecular weight is 337 g/mol. The van der Waals surface area contributed by atoms with Gasteiger partial charge >= 0.3 is 0 Å². The van der Waals surface area contributed by atoms with Crippen LogP contribution in [0.15, 0.2) is 18.2 Å². The summed E-state index contributed by atoms with van der Waals surface area (Å²) in [6, 6.07) is 2.82. The van der Waals surface area contributed by atoms with Crippen molar-refractivity contribution in [3.8, 4) is 5.75 Å². The van der Waals surface area contributed by atoms with Crippen LogP contribution < -0.4 is 10.1 Å². The van der Waals surface area contributed by atoms with Crippen molar-refractivity contribution in [1.29, 1.82) is 0 Å². The van der Waals surface area contributed by atoms with Crippen LogP contribution >= 0.6 is 0 Å². The molecule has 0 spiro atoms. The molecule has 0 saturated carbocycles. The number of hydrogen-bond acceptors (Lipinski definition) is 3. The molecule has 0 aliphatic carbocycles. The number of aryl methyl sites for hydroxylation is 2. The van der Waals surface area contributed by atoms with Crippen LogP contribution in [0.1, 0.15) is 23.9 Å². The largest absolute Gasteiger partial charge is 0.481 e. The molecule has 1 atom stereocenters. The van der Waals surface area contributed by atoms with E-state index in [9.17, 15) is 13.6 Å². The first kappa shape index (κ1) is 17.9. The predicted molar refractivity (Wildman–Crippen MR) is 85.8 cm³/mol. The van der Waals surface area contributed by atoms with Gasteiger partial charge in [0.2, 0.25) is 0 Å². The molecule has 0 aliphatic heterocycles. The second-order valence-corrected chi connectivity index (χ2v) is 5.81. The van der Waals surface area contributed by atoms with Crippen molar-refractivity contribution in [3.05, 3.63) is 46.8 Å². The van der Waals surface area contributed by atoms with Crippen molar-refractivity contribution in [2.75, 3.05) is 6.61 Å². The second kappa shape index (κ2) is 7.42. The standard InChI is InChI=1S/C17H21F2N3O2/c1-10(7-14-11(2)21-22(4)12(14)3)20-17(23)9-24-16-6-5-13(18)8-15(16)19/h5-6,8,10H,7,9H2,1-4H3,(H,20,23)/t10-/m0/s1. The molecule has 1 aromatic heterocycles. The van der Waals surface area contributed by atoms with Crippen molar-refractivity contribution in [1.82, 2.24) is 15.1 Å². The van der Waals surface area contributed by atoms with Gasteiger partial charge in [0.15, 0.2) is 18.2 Å². The van der Waals surface area contributed by atoms with Crippen LogP contribution in [0.4, 0.5) is 8.78 Å². The van der Waals surface area contributed by atoms with E-state index >= 15 is 0 Å². The van der Waals surface area contributed by atoms with Gasteiger partial charge < -0.3 is 10.1 Å². The molecule has 1 N–H and O–H groups in total. The molecule has 0 unspecified atom stereocenters. The van der Waals surface area contributed by atoms with Crippen molar-refractivity contribution in [2.24, 2.45) is 7.05 Å². The van der Waals surface area contributed by atoms with Crippen LogP contribution in [0.5, 0.6) is 5.75 Å². The molecule has 2 aromatic rings. The van der Waals surface area contributed by atoms with E-state index in [-0.39, 0.29) is 24.3 Å². The lowest BCUT2D eigenvalue weighted by atomic mass is 10.1. The lowest BCUT2D eigenvalue weighted by molar-refractivity contribution is -0.123. The van der Waals surface area contributed by atoms with E-state index in [0.717, 1.165) is 29.1 Å². The monoisotopic (exact) mass is 337 g/mol. The maximum Gasteiger partial charge on any atom is 0.258 e. The summed E-state index contributed by atoms with van der Waals surface area (Å²) in [6.07, 6.45) is 0.641. The fourth-order valence-corrected chi connectivity index (χ4v) is 2.52. The van der Waals surface area contributed by atoms with Crippen LogP contribution in [-0.2, 0) is 18.3 Å². The fourth-order valence-electron chi connectivity index (χ4n) is 2.52. The van der Waals surface area contributed by atoms with Crippen LogP contribution in [0, 0.1) is 25.5 Å². The SMILES string of the molecule is Cc1nn(C)c(C)c1C[C@H](C)NC(=O)COc1ccc(F)cc1F. The van der Waals surface area contributed by atoms with Gasteiger partial charge in [0.25, 0.3) is 5.91 Å². The number of nitrogens with one attached hydrogen (secondary N) is 1. The molecule has 7 heteroatoms. The Morgan fingerprint density at radius 2 is 2.08 bits per heavy atom. The van der Waals surface area contributed by atoms with Crippen LogP contribution in [0.2, 0.25) is 0 Å². The molecular weight excluding hydrogens is 316 g/mol. The topological polar surface area (TPSA) is 56.2 Å². The van der Waals surface area contributed by atoms with E-state index in [1.54, 1.807) is 4.68 Å². The number of ether oxygens (including phenoxy) is 1. The number of amides is 1. The highest BCUT2D eigenvalue weighted by Gasteiger charge is 2.15. The number of nitrogens with zero attached hydrogens (tertiary/aromatic N) is 2. The Morgan fingerprint density at radius 3 is 2.67 bits per heavy atom. The number of carbonyl (C=O) groups is 1. The Balaban J connectivity index is 1.87. The first-order valence-corrected chi connectivity index (χ1v) is 7.64. The van der Waals surface area contributed by atoms with E-state index in [0.29, 0.717) is 12.5 Å². The molecule has 2 rings (SSSR count). The molecule has 24 heavy (non-hydrogen) atoms. The highest BCUT2D eigenvalue weighted by atomic mass is 19.1. The predicted octanol–water partition coefficient (Wildman–Crippen LogP) is 2.44. The van der Waals surface area contributed by atoms with E-state index in [4.69, 9.17) is 4.74 Å². The summed E-state index contributed by atoms with van der Waals surface area (Å²) in [7, 11) is 1.88. The van der Waals surface area contributed by atoms with E-state index < -0.39 is 11.6 Å². The van der Waals surface area contributed by atoms with E-state index in [1.165, 1.54) is 0 Å². The van der Waals surface area contributed by atoms with Gasteiger partial charge in [-0.25, -0.2) is 8.78 Å². The Labute approximate surface area is 139 Å². The summed E-state index contributed by atoms with van der Waals surface area (Å²) in [5.74, 6) is -2.05. The molecular formula is C17H21F2N3O2. The fraction of sp³-hybridized carbons (Fsp3) is 0.412. The molecule has 5 nitrogen and oxygen atoms in total. The van der Waals surface area contributed by atoms with Crippen LogP contribution in [-0.4, -0.2) is 28.3 Å². The number of aromatic nitrogens is 2. The highest BCUT2D eigenvalue weighted by molar-refractivity contribution is 5.77. The summed E-state index contributed by atoms with van der Waals surface area (Å²) < 4.78 is 33.1. The zero-order valence-electron chi connectivity index (χ0n) is 14.2. The first-order chi connectivity index (χ1) is 11.3. The Hall–Kier alpha value is -2.44. The molecule has 1 aromatic carbocycles.